The lowest BCUT2D eigenvalue weighted by Crippen LogP contribution is -2.37. The van der Waals surface area contributed by atoms with Gasteiger partial charge in [0.25, 0.3) is 5.91 Å². The molecule has 2 saturated heterocycles. The van der Waals surface area contributed by atoms with Crippen molar-refractivity contribution >= 4 is 34.8 Å². The summed E-state index contributed by atoms with van der Waals surface area (Å²) in [5, 5.41) is 2.00. The van der Waals surface area contributed by atoms with E-state index in [4.69, 9.17) is 16.4 Å². The molecule has 2 aliphatic heterocycles. The van der Waals surface area contributed by atoms with Gasteiger partial charge in [0.05, 0.1) is 22.4 Å². The van der Waals surface area contributed by atoms with Gasteiger partial charge >= 0.3 is 0 Å². The minimum Gasteiger partial charge on any atom is -0.273 e. The summed E-state index contributed by atoms with van der Waals surface area (Å²) < 4.78 is 0. The SMILES string of the molecule is O=C1[C@H]2[C@H](ON(c3ccccc3)[C@H]2c2ccncc2)C(=O)N1c1ccccc1Cl. The molecule has 0 saturated carbocycles. The Labute approximate surface area is 172 Å². The molecule has 5 rings (SSSR count). The predicted molar refractivity (Wildman–Crippen MR) is 108 cm³/mol. The maximum absolute atomic E-state index is 13.4. The van der Waals surface area contributed by atoms with Crippen molar-refractivity contribution in [1.29, 1.82) is 0 Å². The molecule has 2 amide bonds. The van der Waals surface area contributed by atoms with Crippen molar-refractivity contribution in [3.63, 3.8) is 0 Å². The third kappa shape index (κ3) is 2.80. The number of carbonyl (C=O) groups is 2. The number of nitrogens with zero attached hydrogens (tertiary/aromatic N) is 3. The zero-order valence-electron chi connectivity index (χ0n) is 15.2. The highest BCUT2D eigenvalue weighted by molar-refractivity contribution is 6.36. The minimum absolute atomic E-state index is 0.326. The molecule has 144 valence electrons. The molecule has 0 aliphatic carbocycles. The van der Waals surface area contributed by atoms with E-state index in [-0.39, 0.29) is 5.91 Å². The molecule has 2 aliphatic rings. The van der Waals surface area contributed by atoms with Gasteiger partial charge in [0.15, 0.2) is 6.10 Å². The van der Waals surface area contributed by atoms with Crippen LogP contribution < -0.4 is 9.96 Å². The molecule has 2 fully saturated rings. The maximum Gasteiger partial charge on any atom is 0.266 e. The molecule has 1 aromatic heterocycles. The number of benzene rings is 2. The number of amides is 2. The van der Waals surface area contributed by atoms with Crippen molar-refractivity contribution in [2.24, 2.45) is 5.92 Å². The zero-order chi connectivity index (χ0) is 20.0. The van der Waals surface area contributed by atoms with Crippen LogP contribution >= 0.6 is 11.6 Å². The van der Waals surface area contributed by atoms with Crippen molar-refractivity contribution in [3.05, 3.63) is 89.7 Å². The Morgan fingerprint density at radius 2 is 1.55 bits per heavy atom. The van der Waals surface area contributed by atoms with Gasteiger partial charge in [-0.2, -0.15) is 0 Å². The molecule has 0 spiro atoms. The van der Waals surface area contributed by atoms with Crippen molar-refractivity contribution in [2.75, 3.05) is 9.96 Å². The average Bonchev–Trinajstić information content (AvgIpc) is 3.26. The Hall–Kier alpha value is -3.22. The van der Waals surface area contributed by atoms with Gasteiger partial charge in [-0.3, -0.25) is 19.4 Å². The molecule has 0 radical (unpaired) electrons. The maximum atomic E-state index is 13.4. The Bertz CT molecular complexity index is 1080. The lowest BCUT2D eigenvalue weighted by Gasteiger charge is -2.28. The van der Waals surface area contributed by atoms with E-state index >= 15 is 0 Å². The van der Waals surface area contributed by atoms with Gasteiger partial charge in [0.1, 0.15) is 5.92 Å². The first-order chi connectivity index (χ1) is 14.2. The molecule has 3 aromatic rings. The lowest BCUT2D eigenvalue weighted by atomic mass is 9.91. The predicted octanol–water partition coefficient (Wildman–Crippen LogP) is 3.79. The van der Waals surface area contributed by atoms with Gasteiger partial charge in [0, 0.05) is 12.4 Å². The van der Waals surface area contributed by atoms with E-state index in [1.54, 1.807) is 41.7 Å². The van der Waals surface area contributed by atoms with Crippen LogP contribution in [-0.4, -0.2) is 22.9 Å². The summed E-state index contributed by atoms with van der Waals surface area (Å²) in [7, 11) is 0. The molecule has 7 heteroatoms. The standard InChI is InChI=1S/C22H16ClN3O3/c23-16-8-4-5-9-17(16)25-21(27)18-19(14-10-12-24-13-11-14)26(29-20(18)22(25)28)15-6-2-1-3-7-15/h1-13,18-20H/t18-,19+,20+/m1/s1. The Morgan fingerprint density at radius 3 is 2.28 bits per heavy atom. The van der Waals surface area contributed by atoms with Crippen LogP contribution in [0.25, 0.3) is 0 Å². The molecular formula is C22H16ClN3O3. The number of pyridine rings is 1. The van der Waals surface area contributed by atoms with Crippen LogP contribution in [0, 0.1) is 5.92 Å². The second-order valence-electron chi connectivity index (χ2n) is 6.90. The van der Waals surface area contributed by atoms with Crippen LogP contribution in [0.5, 0.6) is 0 Å². The summed E-state index contributed by atoms with van der Waals surface area (Å²) in [6.45, 7) is 0. The van der Waals surface area contributed by atoms with Crippen molar-refractivity contribution < 1.29 is 14.4 Å². The van der Waals surface area contributed by atoms with Gasteiger partial charge in [0.2, 0.25) is 5.91 Å². The molecule has 2 aromatic carbocycles. The van der Waals surface area contributed by atoms with E-state index in [1.807, 2.05) is 42.5 Å². The lowest BCUT2D eigenvalue weighted by molar-refractivity contribution is -0.126. The highest BCUT2D eigenvalue weighted by Crippen LogP contribution is 2.48. The second kappa shape index (κ2) is 6.99. The van der Waals surface area contributed by atoms with Crippen LogP contribution in [0.4, 0.5) is 11.4 Å². The number of rotatable bonds is 3. The van der Waals surface area contributed by atoms with Gasteiger partial charge in [-0.05, 0) is 42.0 Å². The van der Waals surface area contributed by atoms with Crippen LogP contribution in [0.3, 0.4) is 0 Å². The first kappa shape index (κ1) is 17.8. The highest BCUT2D eigenvalue weighted by Gasteiger charge is 2.60. The van der Waals surface area contributed by atoms with Gasteiger partial charge in [-0.15, -0.1) is 0 Å². The van der Waals surface area contributed by atoms with Crippen molar-refractivity contribution in [2.45, 2.75) is 12.1 Å². The number of imide groups is 1. The number of anilines is 2. The quantitative estimate of drug-likeness (QED) is 0.620. The summed E-state index contributed by atoms with van der Waals surface area (Å²) in [5.74, 6) is -1.43. The zero-order valence-corrected chi connectivity index (χ0v) is 15.9. The van der Waals surface area contributed by atoms with Crippen molar-refractivity contribution in [1.82, 2.24) is 4.98 Å². The number of hydrogen-bond acceptors (Lipinski definition) is 5. The molecule has 3 heterocycles. The fourth-order valence-corrected chi connectivity index (χ4v) is 4.20. The molecule has 0 bridgehead atoms. The molecule has 29 heavy (non-hydrogen) atoms. The molecular weight excluding hydrogens is 390 g/mol. The van der Waals surface area contributed by atoms with E-state index < -0.39 is 24.0 Å². The van der Waals surface area contributed by atoms with E-state index in [0.29, 0.717) is 10.7 Å². The Kier molecular flexibility index (Phi) is 4.30. The van der Waals surface area contributed by atoms with Crippen molar-refractivity contribution in [3.8, 4) is 0 Å². The summed E-state index contributed by atoms with van der Waals surface area (Å²) in [6.07, 6.45) is 2.41. The van der Waals surface area contributed by atoms with E-state index in [1.165, 1.54) is 0 Å². The summed E-state index contributed by atoms with van der Waals surface area (Å²) in [6, 6.07) is 19.5. The van der Waals surface area contributed by atoms with E-state index in [9.17, 15) is 9.59 Å². The summed E-state index contributed by atoms with van der Waals surface area (Å²) in [4.78, 5) is 37.9. The van der Waals surface area contributed by atoms with Crippen LogP contribution in [0.15, 0.2) is 79.1 Å². The fourth-order valence-electron chi connectivity index (χ4n) is 3.98. The van der Waals surface area contributed by atoms with Gasteiger partial charge in [-0.1, -0.05) is 41.9 Å². The number of para-hydroxylation sites is 2. The number of fused-ring (bicyclic) bond motifs is 1. The van der Waals surface area contributed by atoms with Crippen LogP contribution in [0.2, 0.25) is 5.02 Å². The topological polar surface area (TPSA) is 62.7 Å². The molecule has 3 atom stereocenters. The monoisotopic (exact) mass is 405 g/mol. The molecule has 6 nitrogen and oxygen atoms in total. The van der Waals surface area contributed by atoms with E-state index in [0.717, 1.165) is 16.2 Å². The normalized spacial score (nSPS) is 23.6. The third-order valence-corrected chi connectivity index (χ3v) is 5.59. The summed E-state index contributed by atoms with van der Waals surface area (Å²) >= 11 is 6.26. The number of hydroxylamine groups is 1. The number of aromatic nitrogens is 1. The second-order valence-corrected chi connectivity index (χ2v) is 7.31. The number of hydrogen-bond donors (Lipinski definition) is 0. The van der Waals surface area contributed by atoms with Gasteiger partial charge in [-0.25, -0.2) is 9.96 Å². The molecule has 0 N–H and O–H groups in total. The first-order valence-corrected chi connectivity index (χ1v) is 9.58. The highest BCUT2D eigenvalue weighted by atomic mass is 35.5. The number of halogens is 1. The third-order valence-electron chi connectivity index (χ3n) is 5.27. The van der Waals surface area contributed by atoms with Crippen LogP contribution in [-0.2, 0) is 14.4 Å². The minimum atomic E-state index is -0.919. The first-order valence-electron chi connectivity index (χ1n) is 9.20. The van der Waals surface area contributed by atoms with Crippen LogP contribution in [0.1, 0.15) is 11.6 Å². The smallest absolute Gasteiger partial charge is 0.266 e. The van der Waals surface area contributed by atoms with E-state index in [2.05, 4.69) is 4.98 Å². The molecule has 0 unspecified atom stereocenters. The average molecular weight is 406 g/mol. The largest absolute Gasteiger partial charge is 0.273 e. The van der Waals surface area contributed by atoms with Gasteiger partial charge < -0.3 is 0 Å². The fraction of sp³-hybridized carbons (Fsp3) is 0.136. The number of carbonyl (C=O) groups excluding carboxylic acids is 2. The Morgan fingerprint density at radius 1 is 0.862 bits per heavy atom. The summed E-state index contributed by atoms with van der Waals surface area (Å²) in [5.41, 5.74) is 1.99. The Balaban J connectivity index is 1.60.